The van der Waals surface area contributed by atoms with Crippen LogP contribution in [0.25, 0.3) is 22.4 Å². The number of hydrogen-bond donors (Lipinski definition) is 3. The highest BCUT2D eigenvalue weighted by atomic mass is 16.4. The van der Waals surface area contributed by atoms with Crippen molar-refractivity contribution < 1.29 is 13.9 Å². The lowest BCUT2D eigenvalue weighted by Gasteiger charge is -2.31. The number of piperazine rings is 1. The van der Waals surface area contributed by atoms with E-state index in [4.69, 9.17) is 13.8 Å². The van der Waals surface area contributed by atoms with Crippen LogP contribution in [0.2, 0.25) is 0 Å². The van der Waals surface area contributed by atoms with Crippen molar-refractivity contribution >= 4 is 28.5 Å². The van der Waals surface area contributed by atoms with Crippen LogP contribution >= 0.6 is 0 Å². The van der Waals surface area contributed by atoms with E-state index in [1.165, 1.54) is 6.42 Å². The quantitative estimate of drug-likeness (QED) is 0.358. The zero-order valence-corrected chi connectivity index (χ0v) is 19.9. The molecular formula is C25H31N7O3. The largest absolute Gasteiger partial charge is 0.456 e. The second-order valence-corrected chi connectivity index (χ2v) is 9.41. The van der Waals surface area contributed by atoms with Crippen LogP contribution in [0.15, 0.2) is 45.5 Å². The van der Waals surface area contributed by atoms with Crippen LogP contribution in [0, 0.1) is 0 Å². The van der Waals surface area contributed by atoms with Gasteiger partial charge in [-0.25, -0.2) is 0 Å². The molecule has 1 atom stereocenters. The van der Waals surface area contributed by atoms with E-state index in [1.807, 2.05) is 12.1 Å². The van der Waals surface area contributed by atoms with Crippen LogP contribution in [0.5, 0.6) is 0 Å². The fourth-order valence-corrected chi connectivity index (χ4v) is 4.85. The zero-order chi connectivity index (χ0) is 23.8. The van der Waals surface area contributed by atoms with E-state index >= 15 is 0 Å². The smallest absolute Gasteiger partial charge is 0.298 e. The molecule has 1 unspecified atom stereocenters. The monoisotopic (exact) mass is 477 g/mol. The molecule has 184 valence electrons. The highest BCUT2D eigenvalue weighted by Crippen LogP contribution is 2.37. The number of furan rings is 1. The lowest BCUT2D eigenvalue weighted by Crippen LogP contribution is -2.44. The average Bonchev–Trinajstić information content (AvgIpc) is 3.65. The highest BCUT2D eigenvalue weighted by Gasteiger charge is 2.23. The van der Waals surface area contributed by atoms with Crippen molar-refractivity contribution in [3.8, 4) is 11.3 Å². The molecule has 0 spiro atoms. The van der Waals surface area contributed by atoms with Gasteiger partial charge in [0.1, 0.15) is 11.3 Å². The number of nitrogens with zero attached hydrogens (tertiary/aromatic N) is 5. The summed E-state index contributed by atoms with van der Waals surface area (Å²) in [7, 11) is 2.13. The van der Waals surface area contributed by atoms with E-state index in [1.54, 1.807) is 18.5 Å². The van der Waals surface area contributed by atoms with Crippen molar-refractivity contribution in [1.29, 1.82) is 0 Å². The van der Waals surface area contributed by atoms with E-state index < -0.39 is 6.23 Å². The third-order valence-corrected chi connectivity index (χ3v) is 6.94. The Kier molecular flexibility index (Phi) is 5.83. The molecule has 35 heavy (non-hydrogen) atoms. The highest BCUT2D eigenvalue weighted by molar-refractivity contribution is 5.88. The Morgan fingerprint density at radius 2 is 1.83 bits per heavy atom. The maximum Gasteiger partial charge on any atom is 0.298 e. The molecule has 2 fully saturated rings. The number of piperidine rings is 1. The Balaban J connectivity index is 1.31. The molecule has 3 aromatic heterocycles. The van der Waals surface area contributed by atoms with Crippen LogP contribution in [-0.2, 0) is 0 Å². The Hall–Kier alpha value is -3.50. The molecule has 10 nitrogen and oxygen atoms in total. The zero-order valence-electron chi connectivity index (χ0n) is 19.9. The molecule has 5 heterocycles. The summed E-state index contributed by atoms with van der Waals surface area (Å²) in [5.41, 5.74) is 4.19. The van der Waals surface area contributed by atoms with Gasteiger partial charge in [-0.1, -0.05) is 0 Å². The normalized spacial score (nSPS) is 18.3. The SMILES string of the molecule is CN1CCN(c2nc3cc(N4CCCCC4)c(NC(O)c4ccc(-c5cn[nH]c5)o4)cc3o2)CC1. The average molecular weight is 478 g/mol. The number of anilines is 3. The molecule has 0 radical (unpaired) electrons. The van der Waals surface area contributed by atoms with E-state index in [9.17, 15) is 5.11 Å². The van der Waals surface area contributed by atoms with Gasteiger partial charge in [-0.2, -0.15) is 10.1 Å². The van der Waals surface area contributed by atoms with E-state index in [0.29, 0.717) is 23.1 Å². The molecule has 0 aliphatic carbocycles. The molecule has 0 bridgehead atoms. The number of benzene rings is 1. The minimum atomic E-state index is -1.02. The second kappa shape index (κ2) is 9.27. The summed E-state index contributed by atoms with van der Waals surface area (Å²) in [6, 6.07) is 8.30. The lowest BCUT2D eigenvalue weighted by atomic mass is 10.1. The molecule has 4 aromatic rings. The van der Waals surface area contributed by atoms with Crippen LogP contribution < -0.4 is 15.1 Å². The summed E-state index contributed by atoms with van der Waals surface area (Å²) < 4.78 is 12.1. The first kappa shape index (κ1) is 22.0. The summed E-state index contributed by atoms with van der Waals surface area (Å²) in [4.78, 5) is 11.7. The number of aromatic nitrogens is 3. The number of aliphatic hydroxyl groups excluding tert-OH is 1. The summed E-state index contributed by atoms with van der Waals surface area (Å²) >= 11 is 0. The van der Waals surface area contributed by atoms with E-state index in [-0.39, 0.29) is 0 Å². The van der Waals surface area contributed by atoms with Gasteiger partial charge in [0.15, 0.2) is 17.6 Å². The molecule has 2 aliphatic heterocycles. The topological polar surface area (TPSA) is 110 Å². The van der Waals surface area contributed by atoms with Gasteiger partial charge in [-0.3, -0.25) is 5.10 Å². The summed E-state index contributed by atoms with van der Waals surface area (Å²) in [6.45, 7) is 5.71. The second-order valence-electron chi connectivity index (χ2n) is 9.41. The first-order chi connectivity index (χ1) is 17.1. The molecule has 10 heteroatoms. The number of likely N-dealkylation sites (N-methyl/N-ethyl adjacent to an activating group) is 1. The van der Waals surface area contributed by atoms with Gasteiger partial charge in [0.2, 0.25) is 0 Å². The van der Waals surface area contributed by atoms with Crippen LogP contribution in [-0.4, -0.2) is 71.5 Å². The molecule has 6 rings (SSSR count). The van der Waals surface area contributed by atoms with Gasteiger partial charge >= 0.3 is 0 Å². The van der Waals surface area contributed by atoms with Crippen molar-refractivity contribution in [2.75, 3.05) is 61.4 Å². The van der Waals surface area contributed by atoms with Crippen LogP contribution in [0.1, 0.15) is 31.3 Å². The molecule has 1 aromatic carbocycles. The Morgan fingerprint density at radius 1 is 1.00 bits per heavy atom. The number of oxazole rings is 1. The third-order valence-electron chi connectivity index (χ3n) is 6.94. The number of aromatic amines is 1. The summed E-state index contributed by atoms with van der Waals surface area (Å²) in [5, 5.41) is 21.0. The standard InChI is InChI=1S/C25H31N7O3/c1-30-9-11-32(12-10-30)25-29-19-13-20(31-7-3-2-4-8-31)18(14-23(19)35-25)28-24(33)22-6-5-21(34-22)17-15-26-27-16-17/h5-6,13-16,24,28,33H,2-4,7-12H2,1H3,(H,26,27). The Labute approximate surface area is 203 Å². The van der Waals surface area contributed by atoms with Gasteiger partial charge in [-0.05, 0) is 44.5 Å². The van der Waals surface area contributed by atoms with Crippen LogP contribution in [0.3, 0.4) is 0 Å². The van der Waals surface area contributed by atoms with E-state index in [2.05, 4.69) is 43.3 Å². The first-order valence-electron chi connectivity index (χ1n) is 12.3. The lowest BCUT2D eigenvalue weighted by molar-refractivity contribution is 0.179. The minimum absolute atomic E-state index is 0.432. The number of H-pyrrole nitrogens is 1. The Morgan fingerprint density at radius 3 is 2.60 bits per heavy atom. The summed E-state index contributed by atoms with van der Waals surface area (Å²) in [6.07, 6.45) is 5.97. The number of hydrogen-bond acceptors (Lipinski definition) is 9. The molecule has 3 N–H and O–H groups in total. The third kappa shape index (κ3) is 4.46. The maximum absolute atomic E-state index is 11.0. The van der Waals surface area contributed by atoms with E-state index in [0.717, 1.165) is 74.6 Å². The molecule has 0 amide bonds. The maximum atomic E-state index is 11.0. The minimum Gasteiger partial charge on any atom is -0.456 e. The molecule has 0 saturated carbocycles. The summed E-state index contributed by atoms with van der Waals surface area (Å²) in [5.74, 6) is 1.08. The molecular weight excluding hydrogens is 446 g/mol. The Bertz CT molecular complexity index is 1270. The molecule has 2 saturated heterocycles. The number of rotatable bonds is 6. The van der Waals surface area contributed by atoms with Crippen LogP contribution in [0.4, 0.5) is 17.4 Å². The van der Waals surface area contributed by atoms with Crippen molar-refractivity contribution in [2.45, 2.75) is 25.5 Å². The van der Waals surface area contributed by atoms with Crippen molar-refractivity contribution in [3.63, 3.8) is 0 Å². The van der Waals surface area contributed by atoms with Crippen molar-refractivity contribution in [2.24, 2.45) is 0 Å². The van der Waals surface area contributed by atoms with Gasteiger partial charge in [0.05, 0.1) is 23.1 Å². The first-order valence-corrected chi connectivity index (χ1v) is 12.3. The van der Waals surface area contributed by atoms with Gasteiger partial charge in [0.25, 0.3) is 6.01 Å². The van der Waals surface area contributed by atoms with Gasteiger partial charge < -0.3 is 34.0 Å². The predicted molar refractivity (Wildman–Crippen MR) is 135 cm³/mol. The number of fused-ring (bicyclic) bond motifs is 1. The number of aliphatic hydroxyl groups is 1. The van der Waals surface area contributed by atoms with Crippen molar-refractivity contribution in [3.05, 3.63) is 42.4 Å². The van der Waals surface area contributed by atoms with Gasteiger partial charge in [-0.15, -0.1) is 0 Å². The van der Waals surface area contributed by atoms with Gasteiger partial charge in [0, 0.05) is 51.5 Å². The predicted octanol–water partition coefficient (Wildman–Crippen LogP) is 3.66. The fraction of sp³-hybridized carbons (Fsp3) is 0.440. The molecule has 2 aliphatic rings. The van der Waals surface area contributed by atoms with Crippen molar-refractivity contribution in [1.82, 2.24) is 20.1 Å². The fourth-order valence-electron chi connectivity index (χ4n) is 4.85. The number of nitrogens with one attached hydrogen (secondary N) is 2.